The predicted molar refractivity (Wildman–Crippen MR) is 116 cm³/mol. The number of amides is 1. The first-order chi connectivity index (χ1) is 13.5. The number of rotatable bonds is 3. The number of pyridine rings is 1. The van der Waals surface area contributed by atoms with E-state index in [2.05, 4.69) is 41.5 Å². The molecule has 0 aliphatic heterocycles. The number of benzene rings is 3. The summed E-state index contributed by atoms with van der Waals surface area (Å²) >= 11 is 5.86. The maximum atomic E-state index is 12.4. The summed E-state index contributed by atoms with van der Waals surface area (Å²) in [5.41, 5.74) is 9.79. The van der Waals surface area contributed by atoms with Crippen LogP contribution in [-0.2, 0) is 0 Å². The van der Waals surface area contributed by atoms with Crippen LogP contribution in [0.4, 0.5) is 11.6 Å². The molecule has 0 atom stereocenters. The van der Waals surface area contributed by atoms with Crippen LogP contribution in [0.25, 0.3) is 21.9 Å². The molecule has 0 fully saturated rings. The van der Waals surface area contributed by atoms with Gasteiger partial charge in [0.25, 0.3) is 5.91 Å². The molecule has 4 rings (SSSR count). The van der Waals surface area contributed by atoms with E-state index in [1.54, 1.807) is 30.3 Å². The fraction of sp³-hybridized carbons (Fsp3) is 0.0435. The molecule has 1 aromatic heterocycles. The fourth-order valence-electron chi connectivity index (χ4n) is 3.25. The minimum atomic E-state index is -0.267. The van der Waals surface area contributed by atoms with Gasteiger partial charge in [-0.1, -0.05) is 48.0 Å². The zero-order valence-electron chi connectivity index (χ0n) is 15.2. The third-order valence-corrected chi connectivity index (χ3v) is 4.96. The van der Waals surface area contributed by atoms with Gasteiger partial charge in [0.05, 0.1) is 0 Å². The van der Waals surface area contributed by atoms with Crippen molar-refractivity contribution in [3.63, 3.8) is 0 Å². The number of aryl methyl sites for hydroxylation is 1. The Hall–Kier alpha value is -3.37. The number of hydrogen-bond donors (Lipinski definition) is 2. The lowest BCUT2D eigenvalue weighted by atomic mass is 9.96. The summed E-state index contributed by atoms with van der Waals surface area (Å²) < 4.78 is 0. The summed E-state index contributed by atoms with van der Waals surface area (Å²) in [5.74, 6) is 0.498. The summed E-state index contributed by atoms with van der Waals surface area (Å²) in [5, 5.41) is 5.65. The van der Waals surface area contributed by atoms with Gasteiger partial charge in [0.15, 0.2) is 0 Å². The van der Waals surface area contributed by atoms with Crippen molar-refractivity contribution >= 4 is 39.9 Å². The molecule has 4 nitrogen and oxygen atoms in total. The number of aromatic nitrogens is 1. The van der Waals surface area contributed by atoms with Gasteiger partial charge >= 0.3 is 0 Å². The topological polar surface area (TPSA) is 68.0 Å². The van der Waals surface area contributed by atoms with Crippen LogP contribution < -0.4 is 11.1 Å². The Bertz CT molecular complexity index is 1190. The van der Waals surface area contributed by atoms with Gasteiger partial charge in [-0.2, -0.15) is 0 Å². The molecule has 1 amide bonds. The fourth-order valence-corrected chi connectivity index (χ4v) is 3.37. The van der Waals surface area contributed by atoms with Gasteiger partial charge in [-0.3, -0.25) is 4.79 Å². The molecule has 5 heteroatoms. The number of carbonyl (C=O) groups is 1. The maximum Gasteiger partial charge on any atom is 0.256 e. The number of nitrogen functional groups attached to an aromatic ring is 1. The van der Waals surface area contributed by atoms with E-state index in [1.807, 2.05) is 18.2 Å². The van der Waals surface area contributed by atoms with Crippen molar-refractivity contribution < 1.29 is 4.79 Å². The SMILES string of the molecule is Cc1ccc(-c2ccc(NC(=O)c3ccc(Cl)cc3)nc2N)c2ccccc12. The van der Waals surface area contributed by atoms with Crippen molar-refractivity contribution in [1.29, 1.82) is 0 Å². The molecule has 0 radical (unpaired) electrons. The van der Waals surface area contributed by atoms with E-state index in [0.717, 1.165) is 16.5 Å². The van der Waals surface area contributed by atoms with E-state index in [0.29, 0.717) is 22.2 Å². The highest BCUT2D eigenvalue weighted by molar-refractivity contribution is 6.30. The highest BCUT2D eigenvalue weighted by Gasteiger charge is 2.12. The number of nitrogens with one attached hydrogen (secondary N) is 1. The highest BCUT2D eigenvalue weighted by Crippen LogP contribution is 2.33. The molecule has 0 aliphatic carbocycles. The van der Waals surface area contributed by atoms with Crippen molar-refractivity contribution in [2.24, 2.45) is 0 Å². The molecule has 4 aromatic rings. The minimum absolute atomic E-state index is 0.267. The predicted octanol–water partition coefficient (Wildman–Crippen LogP) is 5.70. The van der Waals surface area contributed by atoms with Crippen LogP contribution in [0.1, 0.15) is 15.9 Å². The number of fused-ring (bicyclic) bond motifs is 1. The lowest BCUT2D eigenvalue weighted by molar-refractivity contribution is 0.102. The van der Waals surface area contributed by atoms with Gasteiger partial charge in [-0.15, -0.1) is 0 Å². The normalized spacial score (nSPS) is 10.8. The Morgan fingerprint density at radius 2 is 1.57 bits per heavy atom. The number of carbonyl (C=O) groups excluding carboxylic acids is 1. The van der Waals surface area contributed by atoms with Crippen molar-refractivity contribution in [1.82, 2.24) is 4.98 Å². The van der Waals surface area contributed by atoms with Crippen LogP contribution in [0.5, 0.6) is 0 Å². The van der Waals surface area contributed by atoms with Gasteiger partial charge in [-0.25, -0.2) is 4.98 Å². The number of nitrogens with two attached hydrogens (primary N) is 1. The number of halogens is 1. The Kier molecular flexibility index (Phi) is 4.72. The molecule has 138 valence electrons. The van der Waals surface area contributed by atoms with Crippen molar-refractivity contribution in [3.05, 3.63) is 88.9 Å². The molecule has 1 heterocycles. The van der Waals surface area contributed by atoms with Gasteiger partial charge in [-0.05, 0) is 65.2 Å². The third-order valence-electron chi connectivity index (χ3n) is 4.70. The molecule has 3 aromatic carbocycles. The van der Waals surface area contributed by atoms with Crippen LogP contribution in [0.3, 0.4) is 0 Å². The first-order valence-electron chi connectivity index (χ1n) is 8.85. The van der Waals surface area contributed by atoms with Crippen LogP contribution in [0, 0.1) is 6.92 Å². The zero-order valence-corrected chi connectivity index (χ0v) is 16.0. The molecule has 0 saturated carbocycles. The second-order valence-electron chi connectivity index (χ2n) is 6.57. The van der Waals surface area contributed by atoms with E-state index in [9.17, 15) is 4.79 Å². The average molecular weight is 388 g/mol. The average Bonchev–Trinajstić information content (AvgIpc) is 2.70. The Balaban J connectivity index is 1.66. The molecule has 28 heavy (non-hydrogen) atoms. The van der Waals surface area contributed by atoms with Gasteiger partial charge < -0.3 is 11.1 Å². The summed E-state index contributed by atoms with van der Waals surface area (Å²) in [6.07, 6.45) is 0. The zero-order chi connectivity index (χ0) is 19.7. The minimum Gasteiger partial charge on any atom is -0.383 e. The first kappa shape index (κ1) is 18.0. The Morgan fingerprint density at radius 1 is 0.893 bits per heavy atom. The van der Waals surface area contributed by atoms with Crippen LogP contribution in [-0.4, -0.2) is 10.9 Å². The van der Waals surface area contributed by atoms with Crippen LogP contribution in [0.15, 0.2) is 72.8 Å². The number of hydrogen-bond acceptors (Lipinski definition) is 3. The van der Waals surface area contributed by atoms with E-state index >= 15 is 0 Å². The molecule has 3 N–H and O–H groups in total. The molecular formula is C23H18ClN3O. The number of nitrogens with zero attached hydrogens (tertiary/aromatic N) is 1. The second-order valence-corrected chi connectivity index (χ2v) is 7.00. The van der Waals surface area contributed by atoms with Crippen molar-refractivity contribution in [2.75, 3.05) is 11.1 Å². The summed E-state index contributed by atoms with van der Waals surface area (Å²) in [4.78, 5) is 16.8. The first-order valence-corrected chi connectivity index (χ1v) is 9.23. The second kappa shape index (κ2) is 7.33. The molecule has 0 saturated heterocycles. The van der Waals surface area contributed by atoms with Crippen molar-refractivity contribution in [3.8, 4) is 11.1 Å². The lowest BCUT2D eigenvalue weighted by Gasteiger charge is -2.12. The number of anilines is 2. The highest BCUT2D eigenvalue weighted by atomic mass is 35.5. The van der Waals surface area contributed by atoms with E-state index < -0.39 is 0 Å². The third kappa shape index (κ3) is 3.42. The van der Waals surface area contributed by atoms with E-state index in [1.165, 1.54) is 10.9 Å². The van der Waals surface area contributed by atoms with Gasteiger partial charge in [0.1, 0.15) is 11.6 Å². The van der Waals surface area contributed by atoms with Gasteiger partial charge in [0.2, 0.25) is 0 Å². The summed E-state index contributed by atoms with van der Waals surface area (Å²) in [7, 11) is 0. The maximum absolute atomic E-state index is 12.4. The monoisotopic (exact) mass is 387 g/mol. The van der Waals surface area contributed by atoms with E-state index in [-0.39, 0.29) is 5.91 Å². The molecule has 0 spiro atoms. The molecule has 0 bridgehead atoms. The smallest absolute Gasteiger partial charge is 0.256 e. The van der Waals surface area contributed by atoms with Gasteiger partial charge in [0, 0.05) is 16.1 Å². The molecule has 0 aliphatic rings. The molecular weight excluding hydrogens is 370 g/mol. The standard InChI is InChI=1S/C23H18ClN3O/c1-14-6-11-19(18-5-3-2-4-17(14)18)20-12-13-21(26-22(20)25)27-23(28)15-7-9-16(24)10-8-15/h2-13H,1H3,(H3,25,26,27,28). The quantitative estimate of drug-likeness (QED) is 0.474. The Morgan fingerprint density at radius 3 is 2.29 bits per heavy atom. The summed E-state index contributed by atoms with van der Waals surface area (Å²) in [6.45, 7) is 2.09. The van der Waals surface area contributed by atoms with E-state index in [4.69, 9.17) is 17.3 Å². The lowest BCUT2D eigenvalue weighted by Crippen LogP contribution is -2.13. The van der Waals surface area contributed by atoms with Crippen LogP contribution >= 0.6 is 11.6 Å². The largest absolute Gasteiger partial charge is 0.383 e. The molecule has 0 unspecified atom stereocenters. The Labute approximate surface area is 168 Å². The summed E-state index contributed by atoms with van der Waals surface area (Å²) in [6, 6.07) is 22.6. The van der Waals surface area contributed by atoms with Crippen molar-refractivity contribution in [2.45, 2.75) is 6.92 Å². The van der Waals surface area contributed by atoms with Crippen LogP contribution in [0.2, 0.25) is 5.02 Å².